The van der Waals surface area contributed by atoms with Crippen LogP contribution in [0.3, 0.4) is 0 Å². The number of aromatic nitrogens is 2. The van der Waals surface area contributed by atoms with Crippen molar-refractivity contribution in [1.82, 2.24) is 9.97 Å². The van der Waals surface area contributed by atoms with Gasteiger partial charge in [0.2, 0.25) is 0 Å². The molecule has 6 heteroatoms. The number of thiophene rings is 1. The molecule has 0 aromatic carbocycles. The summed E-state index contributed by atoms with van der Waals surface area (Å²) < 4.78 is 0. The van der Waals surface area contributed by atoms with Gasteiger partial charge >= 0.3 is 0 Å². The molecule has 19 heavy (non-hydrogen) atoms. The van der Waals surface area contributed by atoms with E-state index in [9.17, 15) is 0 Å². The molecule has 0 saturated carbocycles. The van der Waals surface area contributed by atoms with Gasteiger partial charge in [0.05, 0.1) is 6.04 Å². The molecule has 1 unspecified atom stereocenters. The summed E-state index contributed by atoms with van der Waals surface area (Å²) in [6.45, 7) is 0. The third kappa shape index (κ3) is 2.40. The molecule has 1 aliphatic rings. The third-order valence-corrected chi connectivity index (χ3v) is 4.70. The molecule has 2 heterocycles. The lowest BCUT2D eigenvalue weighted by molar-refractivity contribution is 0.607. The second kappa shape index (κ2) is 5.35. The summed E-state index contributed by atoms with van der Waals surface area (Å²) in [5.74, 6) is 0.770. The van der Waals surface area contributed by atoms with Crippen molar-refractivity contribution in [3.63, 3.8) is 0 Å². The summed E-state index contributed by atoms with van der Waals surface area (Å²) in [5, 5.41) is 9.16. The molecule has 0 spiro atoms. The van der Waals surface area contributed by atoms with Crippen LogP contribution < -0.4 is 10.6 Å². The fraction of sp³-hybridized carbons (Fsp3) is 0.385. The summed E-state index contributed by atoms with van der Waals surface area (Å²) >= 11 is 7.91. The molecule has 100 valence electrons. The Labute approximate surface area is 121 Å². The number of fused-ring (bicyclic) bond motifs is 1. The largest absolute Gasteiger partial charge is 0.383 e. The molecule has 2 aromatic heterocycles. The molecule has 0 bridgehead atoms. The normalized spacial score (nSPS) is 17.9. The van der Waals surface area contributed by atoms with Gasteiger partial charge in [0.25, 0.3) is 0 Å². The van der Waals surface area contributed by atoms with E-state index in [0.29, 0.717) is 11.2 Å². The van der Waals surface area contributed by atoms with E-state index in [-0.39, 0.29) is 0 Å². The molecule has 0 radical (unpaired) electrons. The van der Waals surface area contributed by atoms with Crippen LogP contribution >= 0.6 is 22.9 Å². The summed E-state index contributed by atoms with van der Waals surface area (Å²) in [6, 6.07) is 2.52. The maximum Gasteiger partial charge on any atom is 0.157 e. The average molecular weight is 295 g/mol. The Morgan fingerprint density at radius 2 is 2.32 bits per heavy atom. The van der Waals surface area contributed by atoms with Crippen molar-refractivity contribution in [2.24, 2.45) is 0 Å². The van der Waals surface area contributed by atoms with E-state index < -0.39 is 0 Å². The Hall–Kier alpha value is -1.33. The van der Waals surface area contributed by atoms with Gasteiger partial charge in [0, 0.05) is 11.9 Å². The Morgan fingerprint density at radius 1 is 1.42 bits per heavy atom. The number of hydrogen-bond acceptors (Lipinski definition) is 5. The summed E-state index contributed by atoms with van der Waals surface area (Å²) in [5.41, 5.74) is 2.15. The molecule has 0 aliphatic heterocycles. The first kappa shape index (κ1) is 12.7. The van der Waals surface area contributed by atoms with Gasteiger partial charge in [-0.3, -0.25) is 0 Å². The van der Waals surface area contributed by atoms with Crippen LogP contribution in [-0.2, 0) is 6.42 Å². The van der Waals surface area contributed by atoms with Crippen LogP contribution in [0.15, 0.2) is 17.8 Å². The Kier molecular flexibility index (Phi) is 3.57. The minimum absolute atomic E-state index is 0.313. The third-order valence-electron chi connectivity index (χ3n) is 3.41. The minimum Gasteiger partial charge on any atom is -0.383 e. The second-order valence-electron chi connectivity index (χ2n) is 4.53. The minimum atomic E-state index is 0.313. The highest BCUT2D eigenvalue weighted by molar-refractivity contribution is 7.10. The van der Waals surface area contributed by atoms with Crippen molar-refractivity contribution in [3.8, 4) is 0 Å². The van der Waals surface area contributed by atoms with Crippen LogP contribution in [0.4, 0.5) is 11.5 Å². The fourth-order valence-electron chi connectivity index (χ4n) is 2.50. The van der Waals surface area contributed by atoms with Crippen molar-refractivity contribution in [2.75, 3.05) is 17.7 Å². The summed E-state index contributed by atoms with van der Waals surface area (Å²) in [6.07, 6.45) is 5.00. The zero-order valence-corrected chi connectivity index (χ0v) is 12.2. The van der Waals surface area contributed by atoms with E-state index in [1.165, 1.54) is 29.6 Å². The summed E-state index contributed by atoms with van der Waals surface area (Å²) in [7, 11) is 1.83. The SMILES string of the molecule is CNc1c(Cl)ncnc1NC1CCCc2sccc21. The monoisotopic (exact) mass is 294 g/mol. The van der Waals surface area contributed by atoms with Crippen molar-refractivity contribution in [3.05, 3.63) is 33.4 Å². The van der Waals surface area contributed by atoms with Gasteiger partial charge in [0.15, 0.2) is 11.0 Å². The number of nitrogens with zero attached hydrogens (tertiary/aromatic N) is 2. The standard InChI is InChI=1S/C13H15ClN4S/c1-15-11-12(14)16-7-17-13(11)18-9-3-2-4-10-8(9)5-6-19-10/h5-7,9,15H,2-4H2,1H3,(H,16,17,18). The lowest BCUT2D eigenvalue weighted by atomic mass is 9.94. The zero-order valence-electron chi connectivity index (χ0n) is 10.6. The molecular weight excluding hydrogens is 280 g/mol. The predicted molar refractivity (Wildman–Crippen MR) is 80.2 cm³/mol. The molecular formula is C13H15ClN4S. The van der Waals surface area contributed by atoms with Crippen molar-refractivity contribution in [1.29, 1.82) is 0 Å². The van der Waals surface area contributed by atoms with Crippen LogP contribution in [0.5, 0.6) is 0 Å². The molecule has 3 rings (SSSR count). The van der Waals surface area contributed by atoms with Gasteiger partial charge < -0.3 is 10.6 Å². The topological polar surface area (TPSA) is 49.8 Å². The average Bonchev–Trinajstić information content (AvgIpc) is 2.88. The van der Waals surface area contributed by atoms with Gasteiger partial charge in [-0.15, -0.1) is 11.3 Å². The van der Waals surface area contributed by atoms with E-state index >= 15 is 0 Å². The van der Waals surface area contributed by atoms with E-state index in [4.69, 9.17) is 11.6 Å². The highest BCUT2D eigenvalue weighted by atomic mass is 35.5. The first-order chi connectivity index (χ1) is 9.29. The molecule has 0 saturated heterocycles. The van der Waals surface area contributed by atoms with Gasteiger partial charge in [-0.2, -0.15) is 0 Å². The first-order valence-electron chi connectivity index (χ1n) is 6.30. The Balaban J connectivity index is 1.89. The number of hydrogen-bond donors (Lipinski definition) is 2. The van der Waals surface area contributed by atoms with E-state index in [0.717, 1.165) is 17.9 Å². The van der Waals surface area contributed by atoms with E-state index in [2.05, 4.69) is 32.0 Å². The second-order valence-corrected chi connectivity index (χ2v) is 5.89. The van der Waals surface area contributed by atoms with Crippen LogP contribution in [0, 0.1) is 0 Å². The van der Waals surface area contributed by atoms with Crippen LogP contribution in [0.25, 0.3) is 0 Å². The maximum atomic E-state index is 6.07. The Bertz CT molecular complexity index is 584. The molecule has 1 atom stereocenters. The molecule has 0 amide bonds. The maximum absolute atomic E-state index is 6.07. The smallest absolute Gasteiger partial charge is 0.157 e. The zero-order chi connectivity index (χ0) is 13.2. The first-order valence-corrected chi connectivity index (χ1v) is 7.56. The van der Waals surface area contributed by atoms with Gasteiger partial charge in [-0.25, -0.2) is 9.97 Å². The lowest BCUT2D eigenvalue weighted by Gasteiger charge is -2.25. The highest BCUT2D eigenvalue weighted by Gasteiger charge is 2.22. The fourth-order valence-corrected chi connectivity index (χ4v) is 3.71. The number of nitrogens with one attached hydrogen (secondary N) is 2. The van der Waals surface area contributed by atoms with Crippen LogP contribution in [-0.4, -0.2) is 17.0 Å². The quantitative estimate of drug-likeness (QED) is 0.847. The molecule has 2 aromatic rings. The van der Waals surface area contributed by atoms with Crippen LogP contribution in [0.1, 0.15) is 29.3 Å². The van der Waals surface area contributed by atoms with Crippen molar-refractivity contribution >= 4 is 34.4 Å². The van der Waals surface area contributed by atoms with Crippen molar-refractivity contribution < 1.29 is 0 Å². The molecule has 1 aliphatic carbocycles. The molecule has 0 fully saturated rings. The van der Waals surface area contributed by atoms with E-state index in [1.807, 2.05) is 18.4 Å². The van der Waals surface area contributed by atoms with Gasteiger partial charge in [-0.05, 0) is 36.3 Å². The van der Waals surface area contributed by atoms with E-state index in [1.54, 1.807) is 0 Å². The molecule has 2 N–H and O–H groups in total. The van der Waals surface area contributed by atoms with Crippen LogP contribution in [0.2, 0.25) is 5.15 Å². The predicted octanol–water partition coefficient (Wildman–Crippen LogP) is 3.72. The number of aryl methyl sites for hydroxylation is 1. The van der Waals surface area contributed by atoms with Gasteiger partial charge in [0.1, 0.15) is 12.0 Å². The Morgan fingerprint density at radius 3 is 3.16 bits per heavy atom. The number of rotatable bonds is 3. The lowest BCUT2D eigenvalue weighted by Crippen LogP contribution is -2.17. The number of halogens is 1. The summed E-state index contributed by atoms with van der Waals surface area (Å²) in [4.78, 5) is 9.77. The van der Waals surface area contributed by atoms with Crippen molar-refractivity contribution in [2.45, 2.75) is 25.3 Å². The number of anilines is 2. The van der Waals surface area contributed by atoms with Gasteiger partial charge in [-0.1, -0.05) is 11.6 Å². The molecule has 4 nitrogen and oxygen atoms in total. The highest BCUT2D eigenvalue weighted by Crippen LogP contribution is 2.37.